The van der Waals surface area contributed by atoms with Crippen LogP contribution in [0.25, 0.3) is 0 Å². The molecule has 1 saturated carbocycles. The number of hydrogen-bond donors (Lipinski definition) is 4. The van der Waals surface area contributed by atoms with E-state index in [9.17, 15) is 14.4 Å². The largest absolute Gasteiger partial charge is 0.481 e. The monoisotopic (exact) mass is 299 g/mol. The van der Waals surface area contributed by atoms with Crippen molar-refractivity contribution in [2.45, 2.75) is 58.0 Å². The molecule has 1 rings (SSSR count). The molecule has 0 heterocycles. The zero-order valence-corrected chi connectivity index (χ0v) is 12.6. The normalized spacial score (nSPS) is 21.7. The van der Waals surface area contributed by atoms with Crippen LogP contribution < -0.4 is 16.0 Å². The van der Waals surface area contributed by atoms with Gasteiger partial charge in [0.2, 0.25) is 5.91 Å². The molecule has 0 spiro atoms. The molecule has 7 heteroatoms. The summed E-state index contributed by atoms with van der Waals surface area (Å²) < 4.78 is 0. The van der Waals surface area contributed by atoms with Crippen LogP contribution in [0.15, 0.2) is 0 Å². The van der Waals surface area contributed by atoms with Gasteiger partial charge in [-0.2, -0.15) is 0 Å². The Labute approximate surface area is 124 Å². The first-order chi connectivity index (χ1) is 9.88. The van der Waals surface area contributed by atoms with Crippen LogP contribution in [0, 0.1) is 5.92 Å². The fraction of sp³-hybridized carbons (Fsp3) is 0.786. The summed E-state index contributed by atoms with van der Waals surface area (Å²) in [6.07, 6.45) is 2.79. The summed E-state index contributed by atoms with van der Waals surface area (Å²) in [4.78, 5) is 33.9. The van der Waals surface area contributed by atoms with Gasteiger partial charge in [0.15, 0.2) is 0 Å². The van der Waals surface area contributed by atoms with Crippen LogP contribution in [0.5, 0.6) is 0 Å². The Kier molecular flexibility index (Phi) is 6.98. The molecule has 0 aromatic heterocycles. The Bertz CT molecular complexity index is 376. The van der Waals surface area contributed by atoms with E-state index in [0.717, 1.165) is 0 Å². The van der Waals surface area contributed by atoms with Crippen LogP contribution in [0.1, 0.15) is 46.0 Å². The first-order valence-corrected chi connectivity index (χ1v) is 7.45. The Balaban J connectivity index is 2.14. The summed E-state index contributed by atoms with van der Waals surface area (Å²) in [6, 6.07) is -0.188. The van der Waals surface area contributed by atoms with Gasteiger partial charge in [0.05, 0.1) is 5.92 Å². The highest BCUT2D eigenvalue weighted by atomic mass is 16.4. The molecule has 0 radical (unpaired) electrons. The third-order valence-electron chi connectivity index (χ3n) is 3.50. The van der Waals surface area contributed by atoms with Crippen LogP contribution >= 0.6 is 0 Å². The Hall–Kier alpha value is -1.79. The first-order valence-electron chi connectivity index (χ1n) is 7.45. The number of carboxylic acid groups (broad SMARTS) is 1. The van der Waals surface area contributed by atoms with E-state index in [1.165, 1.54) is 0 Å². The van der Waals surface area contributed by atoms with Gasteiger partial charge in [-0.3, -0.25) is 9.59 Å². The summed E-state index contributed by atoms with van der Waals surface area (Å²) in [5.41, 5.74) is 0. The highest BCUT2D eigenvalue weighted by molar-refractivity contribution is 5.78. The maximum absolute atomic E-state index is 11.7. The topological polar surface area (TPSA) is 108 Å². The molecule has 0 aromatic carbocycles. The molecule has 0 unspecified atom stereocenters. The number of nitrogens with one attached hydrogen (secondary N) is 3. The van der Waals surface area contributed by atoms with Crippen molar-refractivity contribution in [1.29, 1.82) is 0 Å². The summed E-state index contributed by atoms with van der Waals surface area (Å²) >= 11 is 0. The van der Waals surface area contributed by atoms with Crippen molar-refractivity contribution < 1.29 is 19.5 Å². The van der Waals surface area contributed by atoms with E-state index < -0.39 is 5.97 Å². The molecule has 21 heavy (non-hydrogen) atoms. The predicted octanol–water partition coefficient (Wildman–Crippen LogP) is 0.844. The SMILES string of the molecule is CC(C)NC(=O)CCNC(=O)NC1CCC(C(=O)O)CC1. The smallest absolute Gasteiger partial charge is 0.315 e. The van der Waals surface area contributed by atoms with Gasteiger partial charge < -0.3 is 21.1 Å². The average Bonchev–Trinajstić information content (AvgIpc) is 2.38. The van der Waals surface area contributed by atoms with Crippen molar-refractivity contribution in [3.05, 3.63) is 0 Å². The minimum atomic E-state index is -0.755. The number of amides is 3. The molecule has 3 amide bonds. The lowest BCUT2D eigenvalue weighted by Gasteiger charge is -2.26. The number of hydrogen-bond acceptors (Lipinski definition) is 3. The summed E-state index contributed by atoms with van der Waals surface area (Å²) in [5, 5.41) is 17.1. The highest BCUT2D eigenvalue weighted by Gasteiger charge is 2.26. The zero-order chi connectivity index (χ0) is 15.8. The van der Waals surface area contributed by atoms with Gasteiger partial charge in [0.1, 0.15) is 0 Å². The molecule has 4 N–H and O–H groups in total. The quantitative estimate of drug-likeness (QED) is 0.583. The van der Waals surface area contributed by atoms with Crippen LogP contribution in [-0.2, 0) is 9.59 Å². The molecular weight excluding hydrogens is 274 g/mol. The van der Waals surface area contributed by atoms with Crippen molar-refractivity contribution in [2.75, 3.05) is 6.54 Å². The summed E-state index contributed by atoms with van der Waals surface area (Å²) in [6.45, 7) is 4.05. The lowest BCUT2D eigenvalue weighted by atomic mass is 9.86. The van der Waals surface area contributed by atoms with Crippen molar-refractivity contribution in [1.82, 2.24) is 16.0 Å². The molecule has 0 bridgehead atoms. The van der Waals surface area contributed by atoms with Crippen LogP contribution in [0.3, 0.4) is 0 Å². The molecule has 0 aliphatic heterocycles. The predicted molar refractivity (Wildman–Crippen MR) is 77.8 cm³/mol. The molecule has 1 fully saturated rings. The molecule has 1 aliphatic carbocycles. The van der Waals surface area contributed by atoms with E-state index in [1.807, 2.05) is 13.8 Å². The van der Waals surface area contributed by atoms with E-state index in [1.54, 1.807) is 0 Å². The van der Waals surface area contributed by atoms with Gasteiger partial charge in [-0.05, 0) is 39.5 Å². The van der Waals surface area contributed by atoms with Gasteiger partial charge >= 0.3 is 12.0 Å². The first kappa shape index (κ1) is 17.3. The fourth-order valence-electron chi connectivity index (χ4n) is 2.40. The Morgan fingerprint density at radius 3 is 2.29 bits per heavy atom. The highest BCUT2D eigenvalue weighted by Crippen LogP contribution is 2.24. The van der Waals surface area contributed by atoms with Gasteiger partial charge in [-0.25, -0.2) is 4.79 Å². The van der Waals surface area contributed by atoms with Crippen LogP contribution in [-0.4, -0.2) is 41.6 Å². The molecule has 120 valence electrons. The fourth-order valence-corrected chi connectivity index (χ4v) is 2.40. The van der Waals surface area contributed by atoms with Crippen LogP contribution in [0.4, 0.5) is 4.79 Å². The average molecular weight is 299 g/mol. The number of carbonyl (C=O) groups excluding carboxylic acids is 2. The third kappa shape index (κ3) is 6.97. The van der Waals surface area contributed by atoms with Crippen molar-refractivity contribution in [3.63, 3.8) is 0 Å². The second-order valence-corrected chi connectivity index (χ2v) is 5.76. The minimum absolute atomic E-state index is 0.0186. The van der Waals surface area contributed by atoms with Gasteiger partial charge in [0, 0.05) is 25.0 Å². The Morgan fingerprint density at radius 2 is 1.76 bits per heavy atom. The van der Waals surface area contributed by atoms with E-state index in [0.29, 0.717) is 25.7 Å². The van der Waals surface area contributed by atoms with E-state index in [2.05, 4.69) is 16.0 Å². The third-order valence-corrected chi connectivity index (χ3v) is 3.50. The van der Waals surface area contributed by atoms with E-state index >= 15 is 0 Å². The number of carboxylic acids is 1. The lowest BCUT2D eigenvalue weighted by Crippen LogP contribution is -2.45. The van der Waals surface area contributed by atoms with Crippen LogP contribution in [0.2, 0.25) is 0 Å². The van der Waals surface area contributed by atoms with E-state index in [-0.39, 0.29) is 42.9 Å². The lowest BCUT2D eigenvalue weighted by molar-refractivity contribution is -0.142. The Morgan fingerprint density at radius 1 is 1.14 bits per heavy atom. The molecule has 0 atom stereocenters. The molecule has 0 saturated heterocycles. The molecule has 1 aliphatic rings. The molecule has 0 aromatic rings. The molecular formula is C14H25N3O4. The van der Waals surface area contributed by atoms with Gasteiger partial charge in [-0.1, -0.05) is 0 Å². The standard InChI is InChI=1S/C14H25N3O4/c1-9(2)16-12(18)7-8-15-14(21)17-11-5-3-10(4-6-11)13(19)20/h9-11H,3-8H2,1-2H3,(H,16,18)(H,19,20)(H2,15,17,21). The summed E-state index contributed by atoms with van der Waals surface area (Å²) in [5.74, 6) is -1.13. The zero-order valence-electron chi connectivity index (χ0n) is 12.6. The molecule has 7 nitrogen and oxygen atoms in total. The summed E-state index contributed by atoms with van der Waals surface area (Å²) in [7, 11) is 0. The van der Waals surface area contributed by atoms with Gasteiger partial charge in [-0.15, -0.1) is 0 Å². The van der Waals surface area contributed by atoms with Crippen molar-refractivity contribution in [2.24, 2.45) is 5.92 Å². The van der Waals surface area contributed by atoms with Crippen molar-refractivity contribution in [3.8, 4) is 0 Å². The minimum Gasteiger partial charge on any atom is -0.481 e. The van der Waals surface area contributed by atoms with Crippen molar-refractivity contribution >= 4 is 17.9 Å². The van der Waals surface area contributed by atoms with E-state index in [4.69, 9.17) is 5.11 Å². The number of aliphatic carboxylic acids is 1. The number of carbonyl (C=O) groups is 3. The number of rotatable bonds is 6. The van der Waals surface area contributed by atoms with Gasteiger partial charge in [0.25, 0.3) is 0 Å². The second-order valence-electron chi connectivity index (χ2n) is 5.76. The number of urea groups is 1. The maximum atomic E-state index is 11.7. The second kappa shape index (κ2) is 8.49. The maximum Gasteiger partial charge on any atom is 0.315 e.